The zero-order valence-electron chi connectivity index (χ0n) is 9.46. The van der Waals surface area contributed by atoms with Gasteiger partial charge in [0.1, 0.15) is 0 Å². The molecule has 2 aromatic carbocycles. The Morgan fingerprint density at radius 3 is 1.75 bits per heavy atom. The molecule has 0 saturated carbocycles. The molecule has 0 spiro atoms. The topological polar surface area (TPSA) is 24.1 Å². The minimum atomic E-state index is 1.17. The lowest BCUT2D eigenvalue weighted by atomic mass is 10.1. The van der Waals surface area contributed by atoms with Gasteiger partial charge in [0.15, 0.2) is 0 Å². The van der Waals surface area contributed by atoms with E-state index in [0.29, 0.717) is 0 Å². The zero-order valence-corrected chi connectivity index (χ0v) is 9.46. The summed E-state index contributed by atoms with van der Waals surface area (Å²) >= 11 is 0. The zero-order chi connectivity index (χ0) is 11.1. The van der Waals surface area contributed by atoms with Gasteiger partial charge in [0.05, 0.1) is 0 Å². The van der Waals surface area contributed by atoms with Crippen molar-refractivity contribution < 1.29 is 0 Å². The average Bonchev–Trinajstić information content (AvgIpc) is 2.40. The molecule has 3 rings (SSSR count). The first kappa shape index (κ1) is 9.28. The molecule has 0 fully saturated rings. The second kappa shape index (κ2) is 3.27. The summed E-state index contributed by atoms with van der Waals surface area (Å²) in [6, 6.07) is 12.7. The SMILES string of the molecule is CC1=C(C)Nc2cccc3cccc(c23)N1. The maximum absolute atomic E-state index is 3.45. The quantitative estimate of drug-likeness (QED) is 0.688. The number of anilines is 2. The molecule has 0 bridgehead atoms. The van der Waals surface area contributed by atoms with E-state index < -0.39 is 0 Å². The molecule has 2 heteroatoms. The van der Waals surface area contributed by atoms with Crippen molar-refractivity contribution in [2.24, 2.45) is 0 Å². The van der Waals surface area contributed by atoms with Crippen LogP contribution in [-0.4, -0.2) is 0 Å². The second-order valence-electron chi connectivity index (χ2n) is 4.21. The Morgan fingerprint density at radius 1 is 0.750 bits per heavy atom. The lowest BCUT2D eigenvalue weighted by Gasteiger charge is -2.08. The molecule has 80 valence electrons. The van der Waals surface area contributed by atoms with Gasteiger partial charge in [-0.3, -0.25) is 0 Å². The van der Waals surface area contributed by atoms with Gasteiger partial charge in [-0.05, 0) is 31.4 Å². The molecule has 0 unspecified atom stereocenters. The fraction of sp³-hybridized carbons (Fsp3) is 0.143. The highest BCUT2D eigenvalue weighted by molar-refractivity contribution is 6.04. The van der Waals surface area contributed by atoms with E-state index in [0.717, 1.165) is 0 Å². The summed E-state index contributed by atoms with van der Waals surface area (Å²) in [7, 11) is 0. The predicted molar refractivity (Wildman–Crippen MR) is 69.6 cm³/mol. The van der Waals surface area contributed by atoms with E-state index in [1.807, 2.05) is 0 Å². The van der Waals surface area contributed by atoms with Gasteiger partial charge in [0.25, 0.3) is 0 Å². The molecule has 2 N–H and O–H groups in total. The van der Waals surface area contributed by atoms with Gasteiger partial charge in [-0.2, -0.15) is 0 Å². The first-order valence-corrected chi connectivity index (χ1v) is 5.49. The minimum Gasteiger partial charge on any atom is -0.357 e. The minimum absolute atomic E-state index is 1.17. The van der Waals surface area contributed by atoms with Gasteiger partial charge < -0.3 is 10.6 Å². The largest absolute Gasteiger partial charge is 0.357 e. The van der Waals surface area contributed by atoms with Crippen LogP contribution in [0.1, 0.15) is 13.8 Å². The first-order valence-electron chi connectivity index (χ1n) is 5.49. The van der Waals surface area contributed by atoms with Crippen molar-refractivity contribution in [1.82, 2.24) is 0 Å². The highest BCUT2D eigenvalue weighted by Gasteiger charge is 2.11. The van der Waals surface area contributed by atoms with Gasteiger partial charge >= 0.3 is 0 Å². The van der Waals surface area contributed by atoms with Gasteiger partial charge in [0, 0.05) is 28.2 Å². The van der Waals surface area contributed by atoms with E-state index in [1.54, 1.807) is 0 Å². The van der Waals surface area contributed by atoms with Crippen LogP contribution in [0, 0.1) is 0 Å². The molecular weight excluding hydrogens is 196 g/mol. The van der Waals surface area contributed by atoms with E-state index in [-0.39, 0.29) is 0 Å². The van der Waals surface area contributed by atoms with Crippen molar-refractivity contribution >= 4 is 22.1 Å². The lowest BCUT2D eigenvalue weighted by Crippen LogP contribution is -2.01. The molecule has 2 nitrogen and oxygen atoms in total. The van der Waals surface area contributed by atoms with Crippen LogP contribution in [0.25, 0.3) is 10.8 Å². The van der Waals surface area contributed by atoms with Gasteiger partial charge in [-0.1, -0.05) is 24.3 Å². The maximum Gasteiger partial charge on any atom is 0.0482 e. The summed E-state index contributed by atoms with van der Waals surface area (Å²) in [4.78, 5) is 0. The van der Waals surface area contributed by atoms with Crippen LogP contribution in [0.15, 0.2) is 47.8 Å². The van der Waals surface area contributed by atoms with Gasteiger partial charge in [-0.15, -0.1) is 0 Å². The van der Waals surface area contributed by atoms with E-state index >= 15 is 0 Å². The summed E-state index contributed by atoms with van der Waals surface area (Å²) < 4.78 is 0. The highest BCUT2D eigenvalue weighted by Crippen LogP contribution is 2.34. The van der Waals surface area contributed by atoms with Crippen LogP contribution in [0.3, 0.4) is 0 Å². The van der Waals surface area contributed by atoms with Crippen LogP contribution in [0.4, 0.5) is 11.4 Å². The van der Waals surface area contributed by atoms with Crippen LogP contribution in [0.2, 0.25) is 0 Å². The number of hydrogen-bond donors (Lipinski definition) is 2. The fourth-order valence-corrected chi connectivity index (χ4v) is 2.14. The number of nitrogens with one attached hydrogen (secondary N) is 2. The molecular formula is C14H14N2. The van der Waals surface area contributed by atoms with E-state index in [4.69, 9.17) is 0 Å². The summed E-state index contributed by atoms with van der Waals surface area (Å²) in [6.45, 7) is 4.18. The van der Waals surface area contributed by atoms with E-state index in [9.17, 15) is 0 Å². The Hall–Kier alpha value is -1.96. The molecule has 0 radical (unpaired) electrons. The first-order chi connectivity index (χ1) is 7.75. The maximum atomic E-state index is 3.45. The Bertz CT molecular complexity index is 548. The molecule has 1 aliphatic rings. The second-order valence-corrected chi connectivity index (χ2v) is 4.21. The molecule has 16 heavy (non-hydrogen) atoms. The molecule has 1 aliphatic heterocycles. The molecule has 1 heterocycles. The number of allylic oxidation sites excluding steroid dienone is 2. The standard InChI is InChI=1S/C14H14N2/c1-9-10(2)16-13-8-4-6-11-5-3-7-12(15-9)14(11)13/h3-8,15-16H,1-2H3. The molecule has 0 amide bonds. The van der Waals surface area contributed by atoms with E-state index in [2.05, 4.69) is 60.9 Å². The average molecular weight is 210 g/mol. The van der Waals surface area contributed by atoms with Crippen LogP contribution < -0.4 is 10.6 Å². The summed E-state index contributed by atoms with van der Waals surface area (Å²) in [5.74, 6) is 0. The number of hydrogen-bond acceptors (Lipinski definition) is 2. The van der Waals surface area contributed by atoms with Crippen molar-refractivity contribution in [3.05, 3.63) is 47.8 Å². The van der Waals surface area contributed by atoms with Crippen molar-refractivity contribution in [3.8, 4) is 0 Å². The smallest absolute Gasteiger partial charge is 0.0482 e. The predicted octanol–water partition coefficient (Wildman–Crippen LogP) is 3.93. The summed E-state index contributed by atoms with van der Waals surface area (Å²) in [5.41, 5.74) is 4.69. The molecule has 0 saturated heterocycles. The monoisotopic (exact) mass is 210 g/mol. The van der Waals surface area contributed by atoms with Gasteiger partial charge in [-0.25, -0.2) is 0 Å². The highest BCUT2D eigenvalue weighted by atomic mass is 15.0. The Morgan fingerprint density at radius 2 is 1.25 bits per heavy atom. The molecule has 2 aromatic rings. The summed E-state index contributed by atoms with van der Waals surface area (Å²) in [6.07, 6.45) is 0. The van der Waals surface area contributed by atoms with Crippen LogP contribution in [0.5, 0.6) is 0 Å². The Balaban J connectivity index is 2.38. The van der Waals surface area contributed by atoms with Crippen molar-refractivity contribution in [2.75, 3.05) is 10.6 Å². The van der Waals surface area contributed by atoms with Crippen molar-refractivity contribution in [3.63, 3.8) is 0 Å². The van der Waals surface area contributed by atoms with Crippen molar-refractivity contribution in [2.45, 2.75) is 13.8 Å². The normalized spacial score (nSPS) is 14.4. The van der Waals surface area contributed by atoms with Crippen LogP contribution in [-0.2, 0) is 0 Å². The third kappa shape index (κ3) is 1.27. The van der Waals surface area contributed by atoms with Crippen LogP contribution >= 0.6 is 0 Å². The third-order valence-corrected chi connectivity index (χ3v) is 3.11. The number of benzene rings is 2. The Labute approximate surface area is 95.0 Å². The molecule has 0 aromatic heterocycles. The summed E-state index contributed by atoms with van der Waals surface area (Å²) in [5, 5.41) is 9.43. The van der Waals surface area contributed by atoms with E-state index in [1.165, 1.54) is 33.5 Å². The lowest BCUT2D eigenvalue weighted by molar-refractivity contribution is 1.26. The fourth-order valence-electron chi connectivity index (χ4n) is 2.14. The number of rotatable bonds is 0. The molecule has 0 aliphatic carbocycles. The molecule has 0 atom stereocenters. The third-order valence-electron chi connectivity index (χ3n) is 3.11. The van der Waals surface area contributed by atoms with Crippen molar-refractivity contribution in [1.29, 1.82) is 0 Å². The van der Waals surface area contributed by atoms with Gasteiger partial charge in [0.2, 0.25) is 0 Å². The Kier molecular flexibility index (Phi) is 1.90.